The summed E-state index contributed by atoms with van der Waals surface area (Å²) >= 11 is 9.44. The summed E-state index contributed by atoms with van der Waals surface area (Å²) in [6, 6.07) is 22.3. The first kappa shape index (κ1) is 15.4. The van der Waals surface area contributed by atoms with Crippen molar-refractivity contribution in [2.45, 2.75) is 5.88 Å². The van der Waals surface area contributed by atoms with E-state index in [0.29, 0.717) is 11.8 Å². The van der Waals surface area contributed by atoms with E-state index in [1.165, 1.54) is 0 Å². The summed E-state index contributed by atoms with van der Waals surface area (Å²) < 4.78 is 6.86. The van der Waals surface area contributed by atoms with Crippen LogP contribution in [0.5, 0.6) is 0 Å². The van der Waals surface area contributed by atoms with Crippen LogP contribution in [0.15, 0.2) is 75.6 Å². The van der Waals surface area contributed by atoms with Gasteiger partial charge in [-0.1, -0.05) is 42.5 Å². The number of hydrogen-bond acceptors (Lipinski definition) is 2. The molecule has 0 atom stereocenters. The molecule has 2 nitrogen and oxygen atoms in total. The van der Waals surface area contributed by atoms with E-state index < -0.39 is 0 Å². The van der Waals surface area contributed by atoms with Crippen LogP contribution < -0.4 is 0 Å². The zero-order valence-corrected chi connectivity index (χ0v) is 15.0. The summed E-state index contributed by atoms with van der Waals surface area (Å²) in [6.07, 6.45) is 0. The third-order valence-electron chi connectivity index (χ3n) is 3.91. The number of alkyl halides is 1. The third-order valence-corrected chi connectivity index (χ3v) is 4.80. The van der Waals surface area contributed by atoms with E-state index in [1.54, 1.807) is 0 Å². The number of nitrogens with zero attached hydrogens (tertiary/aromatic N) is 1. The molecule has 118 valence electrons. The lowest BCUT2D eigenvalue weighted by molar-refractivity contribution is 0.618. The van der Waals surface area contributed by atoms with Gasteiger partial charge in [0.05, 0.1) is 4.47 Å². The van der Waals surface area contributed by atoms with Crippen LogP contribution in [0.4, 0.5) is 0 Å². The molecule has 4 aromatic rings. The number of hydrogen-bond donors (Lipinski definition) is 0. The van der Waals surface area contributed by atoms with Crippen molar-refractivity contribution in [2.75, 3.05) is 0 Å². The molecule has 0 spiro atoms. The quantitative estimate of drug-likeness (QED) is 0.360. The molecule has 1 heterocycles. The fourth-order valence-corrected chi connectivity index (χ4v) is 3.36. The second kappa shape index (κ2) is 6.42. The Balaban J connectivity index is 1.81. The number of aromatic nitrogens is 1. The number of fused-ring (bicyclic) bond motifs is 1. The highest BCUT2D eigenvalue weighted by Gasteiger charge is 2.13. The molecular weight excluding hydrogens is 386 g/mol. The maximum absolute atomic E-state index is 5.96. The second-order valence-corrected chi connectivity index (χ2v) is 6.64. The summed E-state index contributed by atoms with van der Waals surface area (Å²) in [7, 11) is 0. The van der Waals surface area contributed by atoms with Crippen molar-refractivity contribution in [2.24, 2.45) is 0 Å². The molecular formula is C20H13BrClNO. The van der Waals surface area contributed by atoms with Gasteiger partial charge in [-0.15, -0.1) is 11.6 Å². The lowest BCUT2D eigenvalue weighted by Crippen LogP contribution is -1.80. The molecule has 4 heteroatoms. The average molecular weight is 399 g/mol. The molecule has 3 aromatic carbocycles. The molecule has 0 saturated heterocycles. The van der Waals surface area contributed by atoms with Gasteiger partial charge in [-0.3, -0.25) is 0 Å². The first-order chi connectivity index (χ1) is 11.7. The van der Waals surface area contributed by atoms with Crippen molar-refractivity contribution in [1.82, 2.24) is 4.98 Å². The van der Waals surface area contributed by atoms with E-state index in [1.807, 2.05) is 42.5 Å². The van der Waals surface area contributed by atoms with Crippen LogP contribution in [0.25, 0.3) is 33.7 Å². The Kier molecular flexibility index (Phi) is 4.13. The Morgan fingerprint density at radius 1 is 0.875 bits per heavy atom. The van der Waals surface area contributed by atoms with Crippen LogP contribution in [0.2, 0.25) is 0 Å². The van der Waals surface area contributed by atoms with Crippen LogP contribution >= 0.6 is 27.5 Å². The standard InChI is InChI=1S/C20H13BrClNO/c21-17-10-16(14-4-2-1-3-5-14)11-18-19(17)24-20(23-18)15-8-6-13(12-22)7-9-15/h1-11H,12H2. The van der Waals surface area contributed by atoms with Crippen molar-refractivity contribution in [3.8, 4) is 22.6 Å². The van der Waals surface area contributed by atoms with Gasteiger partial charge in [-0.2, -0.15) is 0 Å². The highest BCUT2D eigenvalue weighted by atomic mass is 79.9. The number of benzene rings is 3. The van der Waals surface area contributed by atoms with Gasteiger partial charge in [0.1, 0.15) is 5.52 Å². The topological polar surface area (TPSA) is 26.0 Å². The third kappa shape index (κ3) is 2.85. The zero-order valence-electron chi connectivity index (χ0n) is 12.7. The predicted molar refractivity (Wildman–Crippen MR) is 102 cm³/mol. The summed E-state index contributed by atoms with van der Waals surface area (Å²) in [5, 5.41) is 0. The maximum Gasteiger partial charge on any atom is 0.227 e. The minimum Gasteiger partial charge on any atom is -0.435 e. The maximum atomic E-state index is 5.96. The van der Waals surface area contributed by atoms with Crippen molar-refractivity contribution in [3.63, 3.8) is 0 Å². The lowest BCUT2D eigenvalue weighted by atomic mass is 10.1. The Labute approximate surface area is 153 Å². The van der Waals surface area contributed by atoms with E-state index >= 15 is 0 Å². The van der Waals surface area contributed by atoms with Gasteiger partial charge in [0.15, 0.2) is 5.58 Å². The fraction of sp³-hybridized carbons (Fsp3) is 0.0500. The second-order valence-electron chi connectivity index (χ2n) is 5.52. The monoisotopic (exact) mass is 397 g/mol. The van der Waals surface area contributed by atoms with E-state index in [2.05, 4.69) is 45.2 Å². The van der Waals surface area contributed by atoms with Crippen LogP contribution in [0.3, 0.4) is 0 Å². The molecule has 0 aliphatic heterocycles. The SMILES string of the molecule is ClCc1ccc(-c2nc3cc(-c4ccccc4)cc(Br)c3o2)cc1. The fourth-order valence-electron chi connectivity index (χ4n) is 2.65. The molecule has 1 aromatic heterocycles. The van der Waals surface area contributed by atoms with Gasteiger partial charge in [0.25, 0.3) is 0 Å². The Bertz CT molecular complexity index is 994. The number of rotatable bonds is 3. The van der Waals surface area contributed by atoms with E-state index in [0.717, 1.165) is 37.8 Å². The molecule has 24 heavy (non-hydrogen) atoms. The van der Waals surface area contributed by atoms with Gasteiger partial charge in [-0.05, 0) is 56.9 Å². The Morgan fingerprint density at radius 3 is 2.33 bits per heavy atom. The highest BCUT2D eigenvalue weighted by Crippen LogP contribution is 2.34. The molecule has 0 amide bonds. The summed E-state index contributed by atoms with van der Waals surface area (Å²) in [4.78, 5) is 4.66. The van der Waals surface area contributed by atoms with E-state index in [9.17, 15) is 0 Å². The molecule has 0 unspecified atom stereocenters. The van der Waals surface area contributed by atoms with Gasteiger partial charge in [0, 0.05) is 11.4 Å². The van der Waals surface area contributed by atoms with Gasteiger partial charge < -0.3 is 4.42 Å². The normalized spacial score (nSPS) is 11.1. The Morgan fingerprint density at radius 2 is 1.62 bits per heavy atom. The van der Waals surface area contributed by atoms with Gasteiger partial charge >= 0.3 is 0 Å². The summed E-state index contributed by atoms with van der Waals surface area (Å²) in [5.74, 6) is 1.11. The van der Waals surface area contributed by atoms with Crippen molar-refractivity contribution < 1.29 is 4.42 Å². The first-order valence-corrected chi connectivity index (χ1v) is 8.88. The van der Waals surface area contributed by atoms with E-state index in [-0.39, 0.29) is 0 Å². The summed E-state index contributed by atoms with van der Waals surface area (Å²) in [6.45, 7) is 0. The van der Waals surface area contributed by atoms with Crippen LogP contribution in [0.1, 0.15) is 5.56 Å². The molecule has 0 saturated carbocycles. The molecule has 0 aliphatic carbocycles. The predicted octanol–water partition coefficient (Wildman–Crippen LogP) is 6.66. The van der Waals surface area contributed by atoms with Crippen molar-refractivity contribution >= 4 is 38.6 Å². The number of halogens is 2. The Hall–Kier alpha value is -2.10. The lowest BCUT2D eigenvalue weighted by Gasteiger charge is -2.02. The molecule has 0 N–H and O–H groups in total. The van der Waals surface area contributed by atoms with Crippen LogP contribution in [0, 0.1) is 0 Å². The summed E-state index contributed by atoms with van der Waals surface area (Å²) in [5.41, 5.74) is 5.85. The van der Waals surface area contributed by atoms with Gasteiger partial charge in [0.2, 0.25) is 5.89 Å². The van der Waals surface area contributed by atoms with Crippen LogP contribution in [-0.2, 0) is 5.88 Å². The minimum atomic E-state index is 0.500. The largest absolute Gasteiger partial charge is 0.435 e. The molecule has 0 radical (unpaired) electrons. The molecule has 4 rings (SSSR count). The highest BCUT2D eigenvalue weighted by molar-refractivity contribution is 9.10. The number of oxazole rings is 1. The van der Waals surface area contributed by atoms with E-state index in [4.69, 9.17) is 16.0 Å². The molecule has 0 bridgehead atoms. The molecule has 0 fully saturated rings. The first-order valence-electron chi connectivity index (χ1n) is 7.55. The average Bonchev–Trinajstić information content (AvgIpc) is 3.07. The van der Waals surface area contributed by atoms with Crippen molar-refractivity contribution in [3.05, 3.63) is 76.8 Å². The minimum absolute atomic E-state index is 0.500. The molecule has 0 aliphatic rings. The van der Waals surface area contributed by atoms with Gasteiger partial charge in [-0.25, -0.2) is 4.98 Å². The smallest absolute Gasteiger partial charge is 0.227 e. The zero-order chi connectivity index (χ0) is 16.5. The van der Waals surface area contributed by atoms with Crippen molar-refractivity contribution in [1.29, 1.82) is 0 Å². The van der Waals surface area contributed by atoms with Crippen LogP contribution in [-0.4, -0.2) is 4.98 Å².